The maximum Gasteiger partial charge on any atom is 0.193 e. The molecule has 1 saturated carbocycles. The van der Waals surface area contributed by atoms with Crippen LogP contribution < -0.4 is 11.3 Å². The summed E-state index contributed by atoms with van der Waals surface area (Å²) in [4.78, 5) is 0. The van der Waals surface area contributed by atoms with E-state index < -0.39 is 0 Å². The van der Waals surface area contributed by atoms with Crippen LogP contribution in [0.3, 0.4) is 0 Å². The fraction of sp³-hybridized carbons (Fsp3) is 0.667. The van der Waals surface area contributed by atoms with Crippen molar-refractivity contribution >= 4 is 11.6 Å². The van der Waals surface area contributed by atoms with Crippen LogP contribution in [0.15, 0.2) is 16.5 Å². The second-order valence-corrected chi connectivity index (χ2v) is 5.18. The Hall–Kier alpha value is -0.510. The summed E-state index contributed by atoms with van der Waals surface area (Å²) in [5, 5.41) is 0.430. The molecule has 0 amide bonds. The molecule has 1 aromatic heterocycles. The molecule has 16 heavy (non-hydrogen) atoms. The van der Waals surface area contributed by atoms with Crippen LogP contribution in [0.5, 0.6) is 0 Å². The maximum atomic E-state index is 5.79. The quantitative estimate of drug-likeness (QED) is 0.632. The Morgan fingerprint density at radius 2 is 2.06 bits per heavy atom. The van der Waals surface area contributed by atoms with E-state index in [4.69, 9.17) is 21.9 Å². The van der Waals surface area contributed by atoms with E-state index in [-0.39, 0.29) is 6.04 Å². The van der Waals surface area contributed by atoms with Crippen LogP contribution >= 0.6 is 11.6 Å². The molecule has 1 aromatic rings. The molecule has 4 heteroatoms. The molecule has 0 spiro atoms. The maximum absolute atomic E-state index is 5.79. The van der Waals surface area contributed by atoms with E-state index in [1.165, 1.54) is 25.7 Å². The van der Waals surface area contributed by atoms with Gasteiger partial charge in [-0.3, -0.25) is 5.84 Å². The van der Waals surface area contributed by atoms with Gasteiger partial charge in [-0.15, -0.1) is 0 Å². The minimum absolute atomic E-state index is 0.0972. The second-order valence-electron chi connectivity index (χ2n) is 4.81. The lowest BCUT2D eigenvalue weighted by Gasteiger charge is -2.31. The smallest absolute Gasteiger partial charge is 0.193 e. The molecule has 0 aliphatic heterocycles. The summed E-state index contributed by atoms with van der Waals surface area (Å²) in [6.45, 7) is 2.31. The van der Waals surface area contributed by atoms with Crippen molar-refractivity contribution in [2.24, 2.45) is 17.7 Å². The number of hydrazine groups is 1. The molecule has 1 atom stereocenters. The molecule has 1 fully saturated rings. The van der Waals surface area contributed by atoms with E-state index in [1.54, 1.807) is 6.07 Å². The third kappa shape index (κ3) is 2.59. The predicted octanol–water partition coefficient (Wildman–Crippen LogP) is 3.26. The molecule has 1 unspecified atom stereocenters. The van der Waals surface area contributed by atoms with Crippen LogP contribution in [0.2, 0.25) is 5.22 Å². The van der Waals surface area contributed by atoms with Crippen LogP contribution in [0.1, 0.15) is 44.4 Å². The number of nitrogens with two attached hydrogens (primary N) is 1. The average Bonchev–Trinajstić information content (AvgIpc) is 2.69. The Labute approximate surface area is 101 Å². The van der Waals surface area contributed by atoms with Gasteiger partial charge in [0.25, 0.3) is 0 Å². The molecule has 0 aromatic carbocycles. The Morgan fingerprint density at radius 3 is 2.56 bits per heavy atom. The zero-order valence-electron chi connectivity index (χ0n) is 9.58. The number of rotatable bonds is 3. The molecule has 90 valence electrons. The average molecular weight is 243 g/mol. The molecule has 1 aliphatic rings. The lowest BCUT2D eigenvalue weighted by Crippen LogP contribution is -2.35. The number of nitrogens with one attached hydrogen (secondary N) is 1. The van der Waals surface area contributed by atoms with Crippen LogP contribution in [-0.4, -0.2) is 0 Å². The summed E-state index contributed by atoms with van der Waals surface area (Å²) in [7, 11) is 0. The van der Waals surface area contributed by atoms with Gasteiger partial charge in [0.2, 0.25) is 0 Å². The van der Waals surface area contributed by atoms with Gasteiger partial charge in [-0.25, -0.2) is 5.43 Å². The van der Waals surface area contributed by atoms with E-state index in [0.29, 0.717) is 11.1 Å². The summed E-state index contributed by atoms with van der Waals surface area (Å²) in [6.07, 6.45) is 4.96. The molecule has 3 N–H and O–H groups in total. The van der Waals surface area contributed by atoms with Crippen molar-refractivity contribution in [3.8, 4) is 0 Å². The van der Waals surface area contributed by atoms with Crippen molar-refractivity contribution in [1.82, 2.24) is 5.43 Å². The highest BCUT2D eigenvalue weighted by Crippen LogP contribution is 2.37. The molecule has 2 rings (SSSR count). The largest absolute Gasteiger partial charge is 0.448 e. The Bertz CT molecular complexity index is 332. The fourth-order valence-electron chi connectivity index (χ4n) is 2.57. The Balaban J connectivity index is 2.05. The number of hydrogen-bond donors (Lipinski definition) is 2. The first-order chi connectivity index (χ1) is 7.70. The summed E-state index contributed by atoms with van der Waals surface area (Å²) >= 11 is 5.79. The standard InChI is InChI=1S/C12H19ClN2O/c1-8-2-4-9(5-3-8)12(15-14)10-6-7-11(13)16-10/h6-9,12,15H,2-5,14H2,1H3. The molecule has 3 nitrogen and oxygen atoms in total. The first-order valence-corrected chi connectivity index (χ1v) is 6.30. The zero-order valence-corrected chi connectivity index (χ0v) is 10.3. The normalized spacial score (nSPS) is 27.9. The molecular weight excluding hydrogens is 224 g/mol. The van der Waals surface area contributed by atoms with Gasteiger partial charge in [0.15, 0.2) is 5.22 Å². The zero-order chi connectivity index (χ0) is 11.5. The van der Waals surface area contributed by atoms with Gasteiger partial charge in [-0.05, 0) is 48.4 Å². The molecule has 0 radical (unpaired) electrons. The van der Waals surface area contributed by atoms with Crippen molar-refractivity contribution in [2.75, 3.05) is 0 Å². The lowest BCUT2D eigenvalue weighted by molar-refractivity contribution is 0.213. The molecular formula is C12H19ClN2O. The van der Waals surface area contributed by atoms with E-state index in [1.807, 2.05) is 6.07 Å². The van der Waals surface area contributed by atoms with Crippen LogP contribution in [0.25, 0.3) is 0 Å². The summed E-state index contributed by atoms with van der Waals surface area (Å²) in [5.74, 6) is 7.88. The van der Waals surface area contributed by atoms with E-state index >= 15 is 0 Å². The van der Waals surface area contributed by atoms with Gasteiger partial charge in [-0.1, -0.05) is 19.8 Å². The highest BCUT2D eigenvalue weighted by Gasteiger charge is 2.28. The predicted molar refractivity (Wildman–Crippen MR) is 64.9 cm³/mol. The molecule has 1 heterocycles. The van der Waals surface area contributed by atoms with Crippen molar-refractivity contribution in [2.45, 2.75) is 38.6 Å². The first kappa shape index (κ1) is 12.0. The minimum Gasteiger partial charge on any atom is -0.448 e. The van der Waals surface area contributed by atoms with Gasteiger partial charge in [-0.2, -0.15) is 0 Å². The van der Waals surface area contributed by atoms with Gasteiger partial charge >= 0.3 is 0 Å². The highest BCUT2D eigenvalue weighted by atomic mass is 35.5. The molecule has 0 saturated heterocycles. The summed E-state index contributed by atoms with van der Waals surface area (Å²) < 4.78 is 5.44. The number of hydrogen-bond acceptors (Lipinski definition) is 3. The first-order valence-electron chi connectivity index (χ1n) is 5.92. The third-order valence-corrected chi connectivity index (χ3v) is 3.82. The van der Waals surface area contributed by atoms with E-state index in [0.717, 1.165) is 11.7 Å². The Morgan fingerprint density at radius 1 is 1.38 bits per heavy atom. The number of halogens is 1. The van der Waals surface area contributed by atoms with Crippen molar-refractivity contribution < 1.29 is 4.42 Å². The molecule has 0 bridgehead atoms. The minimum atomic E-state index is 0.0972. The van der Waals surface area contributed by atoms with Crippen molar-refractivity contribution in [1.29, 1.82) is 0 Å². The van der Waals surface area contributed by atoms with Crippen LogP contribution in [0.4, 0.5) is 0 Å². The van der Waals surface area contributed by atoms with Gasteiger partial charge in [0, 0.05) is 0 Å². The SMILES string of the molecule is CC1CCC(C(NN)c2ccc(Cl)o2)CC1. The second kappa shape index (κ2) is 5.21. The fourth-order valence-corrected chi connectivity index (χ4v) is 2.72. The van der Waals surface area contributed by atoms with E-state index in [9.17, 15) is 0 Å². The summed E-state index contributed by atoms with van der Waals surface area (Å²) in [6, 6.07) is 3.78. The summed E-state index contributed by atoms with van der Waals surface area (Å²) in [5.41, 5.74) is 2.86. The third-order valence-electron chi connectivity index (χ3n) is 3.61. The highest BCUT2D eigenvalue weighted by molar-refractivity contribution is 6.28. The topological polar surface area (TPSA) is 51.2 Å². The van der Waals surface area contributed by atoms with E-state index in [2.05, 4.69) is 12.3 Å². The van der Waals surface area contributed by atoms with Gasteiger partial charge < -0.3 is 4.42 Å². The van der Waals surface area contributed by atoms with Crippen LogP contribution in [0, 0.1) is 11.8 Å². The van der Waals surface area contributed by atoms with Crippen molar-refractivity contribution in [3.05, 3.63) is 23.1 Å². The Kier molecular flexibility index (Phi) is 3.90. The van der Waals surface area contributed by atoms with Gasteiger partial charge in [0.1, 0.15) is 5.76 Å². The lowest BCUT2D eigenvalue weighted by atomic mass is 9.79. The van der Waals surface area contributed by atoms with Crippen molar-refractivity contribution in [3.63, 3.8) is 0 Å². The van der Waals surface area contributed by atoms with Gasteiger partial charge in [0.05, 0.1) is 6.04 Å². The number of furan rings is 1. The van der Waals surface area contributed by atoms with Crippen LogP contribution in [-0.2, 0) is 0 Å². The molecule has 1 aliphatic carbocycles. The monoisotopic (exact) mass is 242 g/mol.